The van der Waals surface area contributed by atoms with Crippen molar-refractivity contribution in [3.05, 3.63) is 27.6 Å². The van der Waals surface area contributed by atoms with Crippen LogP contribution in [0.5, 0.6) is 0 Å². The molecule has 0 saturated carbocycles. The Labute approximate surface area is 82.6 Å². The highest BCUT2D eigenvalue weighted by Gasteiger charge is 2.05. The second kappa shape index (κ2) is 4.37. The molecule has 1 aromatic heterocycles. The molecule has 0 atom stereocenters. The summed E-state index contributed by atoms with van der Waals surface area (Å²) in [6.45, 7) is 4.02. The molecule has 0 aromatic carbocycles. The first-order valence-electron chi connectivity index (χ1n) is 3.20. The summed E-state index contributed by atoms with van der Waals surface area (Å²) in [6, 6.07) is 0. The van der Waals surface area contributed by atoms with Gasteiger partial charge in [0.25, 0.3) is 5.91 Å². The second-order valence-corrected chi connectivity index (χ2v) is 3.91. The predicted molar refractivity (Wildman–Crippen MR) is 52.5 cm³/mol. The molecule has 0 aliphatic carbocycles. The predicted octanol–water partition coefficient (Wildman–Crippen LogP) is 1.78. The molecule has 1 amide bonds. The van der Waals surface area contributed by atoms with Gasteiger partial charge in [-0.15, -0.1) is 11.3 Å². The molecule has 0 aliphatic heterocycles. The molecule has 0 aliphatic rings. The molecule has 1 N–H and O–H groups in total. The van der Waals surface area contributed by atoms with Crippen molar-refractivity contribution < 1.29 is 4.79 Å². The maximum Gasteiger partial charge on any atom is 0.271 e. The van der Waals surface area contributed by atoms with Crippen molar-refractivity contribution in [2.24, 2.45) is 0 Å². The first kappa shape index (κ1) is 9.41. The van der Waals surface area contributed by atoms with Gasteiger partial charge in [0, 0.05) is 16.4 Å². The summed E-state index contributed by atoms with van der Waals surface area (Å²) in [6.07, 6.45) is 0. The number of hydrogen-bond acceptors (Lipinski definition) is 3. The number of rotatable bonds is 3. The number of thiazole rings is 1. The molecule has 3 nitrogen and oxygen atoms in total. The molecular formula is C7H7BrN2OS. The zero-order valence-electron chi connectivity index (χ0n) is 6.21. The number of hydrogen-bond donors (Lipinski definition) is 1. The molecule has 0 radical (unpaired) electrons. The van der Waals surface area contributed by atoms with Gasteiger partial charge >= 0.3 is 0 Å². The first-order valence-corrected chi connectivity index (χ1v) is 4.93. The lowest BCUT2D eigenvalue weighted by atomic mass is 10.4. The van der Waals surface area contributed by atoms with Crippen LogP contribution >= 0.6 is 27.3 Å². The number of amides is 1. The van der Waals surface area contributed by atoms with Crippen LogP contribution in [0.2, 0.25) is 0 Å². The van der Waals surface area contributed by atoms with Crippen molar-refractivity contribution in [1.29, 1.82) is 0 Å². The molecule has 0 saturated heterocycles. The van der Waals surface area contributed by atoms with E-state index in [4.69, 9.17) is 0 Å². The summed E-state index contributed by atoms with van der Waals surface area (Å²) in [5.41, 5.74) is 2.08. The minimum Gasteiger partial charge on any atom is -0.346 e. The normalized spacial score (nSPS) is 9.42. The molecule has 0 bridgehead atoms. The smallest absolute Gasteiger partial charge is 0.271 e. The molecule has 64 valence electrons. The van der Waals surface area contributed by atoms with Crippen molar-refractivity contribution >= 4 is 33.2 Å². The van der Waals surface area contributed by atoms with E-state index in [-0.39, 0.29) is 5.91 Å². The van der Waals surface area contributed by atoms with Crippen LogP contribution in [0.4, 0.5) is 0 Å². The molecule has 0 spiro atoms. The highest BCUT2D eigenvalue weighted by atomic mass is 79.9. The summed E-state index contributed by atoms with van der Waals surface area (Å²) in [5.74, 6) is -0.170. The van der Waals surface area contributed by atoms with Gasteiger partial charge in [-0.2, -0.15) is 0 Å². The van der Waals surface area contributed by atoms with Crippen LogP contribution in [-0.4, -0.2) is 17.4 Å². The molecule has 1 heterocycles. The van der Waals surface area contributed by atoms with Crippen LogP contribution in [0.1, 0.15) is 10.5 Å². The fraction of sp³-hybridized carbons (Fsp3) is 0.143. The zero-order valence-corrected chi connectivity index (χ0v) is 8.61. The Morgan fingerprint density at radius 1 is 1.83 bits per heavy atom. The number of nitrogens with zero attached hydrogens (tertiary/aromatic N) is 1. The highest BCUT2D eigenvalue weighted by molar-refractivity contribution is 9.11. The zero-order chi connectivity index (χ0) is 8.97. The summed E-state index contributed by atoms with van der Waals surface area (Å²) in [5, 5.41) is 4.34. The van der Waals surface area contributed by atoms with Crippen LogP contribution < -0.4 is 5.32 Å². The van der Waals surface area contributed by atoms with Gasteiger partial charge < -0.3 is 5.32 Å². The fourth-order valence-corrected chi connectivity index (χ4v) is 1.26. The fourth-order valence-electron chi connectivity index (χ4n) is 0.591. The van der Waals surface area contributed by atoms with Gasteiger partial charge in [0.05, 0.1) is 5.51 Å². The van der Waals surface area contributed by atoms with Gasteiger partial charge in [0.1, 0.15) is 5.69 Å². The molecule has 5 heteroatoms. The molecule has 12 heavy (non-hydrogen) atoms. The number of aromatic nitrogens is 1. The Balaban J connectivity index is 2.45. The van der Waals surface area contributed by atoms with Crippen LogP contribution in [-0.2, 0) is 0 Å². The largest absolute Gasteiger partial charge is 0.346 e. The Morgan fingerprint density at radius 3 is 3.08 bits per heavy atom. The van der Waals surface area contributed by atoms with Gasteiger partial charge in [0.2, 0.25) is 0 Å². The molecule has 1 aromatic rings. The lowest BCUT2D eigenvalue weighted by molar-refractivity contribution is 0.0953. The van der Waals surface area contributed by atoms with E-state index >= 15 is 0 Å². The van der Waals surface area contributed by atoms with Gasteiger partial charge in [-0.25, -0.2) is 4.98 Å². The van der Waals surface area contributed by atoms with Gasteiger partial charge in [0.15, 0.2) is 0 Å². The maximum atomic E-state index is 11.2. The minimum atomic E-state index is -0.170. The molecule has 1 rings (SSSR count). The quantitative estimate of drug-likeness (QED) is 0.884. The monoisotopic (exact) mass is 246 g/mol. The highest BCUT2D eigenvalue weighted by Crippen LogP contribution is 2.02. The van der Waals surface area contributed by atoms with Crippen LogP contribution in [0.3, 0.4) is 0 Å². The van der Waals surface area contributed by atoms with Crippen molar-refractivity contribution in [2.45, 2.75) is 0 Å². The first-order chi connectivity index (χ1) is 5.70. The van der Waals surface area contributed by atoms with Gasteiger partial charge in [-0.05, 0) is 0 Å². The Kier molecular flexibility index (Phi) is 3.43. The number of carbonyl (C=O) groups excluding carboxylic acids is 1. The average molecular weight is 247 g/mol. The topological polar surface area (TPSA) is 42.0 Å². The lowest BCUT2D eigenvalue weighted by Crippen LogP contribution is -2.24. The van der Waals surface area contributed by atoms with Crippen molar-refractivity contribution in [1.82, 2.24) is 10.3 Å². The Morgan fingerprint density at radius 2 is 2.58 bits per heavy atom. The van der Waals surface area contributed by atoms with E-state index in [1.165, 1.54) is 11.3 Å². The number of halogens is 1. The minimum absolute atomic E-state index is 0.170. The average Bonchev–Trinajstić information content (AvgIpc) is 2.51. The van der Waals surface area contributed by atoms with E-state index in [9.17, 15) is 4.79 Å². The van der Waals surface area contributed by atoms with Crippen molar-refractivity contribution in [2.75, 3.05) is 6.54 Å². The number of carbonyl (C=O) groups is 1. The van der Waals surface area contributed by atoms with Crippen molar-refractivity contribution in [3.8, 4) is 0 Å². The van der Waals surface area contributed by atoms with Crippen LogP contribution in [0, 0.1) is 0 Å². The maximum absolute atomic E-state index is 11.2. The number of nitrogens with one attached hydrogen (secondary N) is 1. The van der Waals surface area contributed by atoms with E-state index in [0.29, 0.717) is 12.2 Å². The Hall–Kier alpha value is -0.680. The van der Waals surface area contributed by atoms with E-state index in [0.717, 1.165) is 4.48 Å². The summed E-state index contributed by atoms with van der Waals surface area (Å²) >= 11 is 4.54. The van der Waals surface area contributed by atoms with Gasteiger partial charge in [-0.1, -0.05) is 22.5 Å². The lowest BCUT2D eigenvalue weighted by Gasteiger charge is -1.99. The summed E-state index contributed by atoms with van der Waals surface area (Å²) < 4.78 is 0.742. The third-order valence-electron chi connectivity index (χ3n) is 1.11. The molecule has 0 fully saturated rings. The van der Waals surface area contributed by atoms with Crippen molar-refractivity contribution in [3.63, 3.8) is 0 Å². The summed E-state index contributed by atoms with van der Waals surface area (Å²) in [4.78, 5) is 15.0. The van der Waals surface area contributed by atoms with Crippen LogP contribution in [0.15, 0.2) is 22.0 Å². The molecular weight excluding hydrogens is 240 g/mol. The third-order valence-corrected chi connectivity index (χ3v) is 1.97. The second-order valence-electron chi connectivity index (χ2n) is 2.07. The van der Waals surface area contributed by atoms with E-state index < -0.39 is 0 Å². The standard InChI is InChI=1S/C7H7BrN2OS/c1-5(8)2-9-7(11)6-3-12-4-10-6/h3-4H,1-2H2,(H,9,11). The third kappa shape index (κ3) is 2.75. The van der Waals surface area contributed by atoms with Crippen LogP contribution in [0.25, 0.3) is 0 Å². The van der Waals surface area contributed by atoms with E-state index in [1.54, 1.807) is 10.9 Å². The SMILES string of the molecule is C=C(Br)CNC(=O)c1cscn1. The molecule has 0 unspecified atom stereocenters. The van der Waals surface area contributed by atoms with E-state index in [1.807, 2.05) is 0 Å². The van der Waals surface area contributed by atoms with E-state index in [2.05, 4.69) is 32.8 Å². The summed E-state index contributed by atoms with van der Waals surface area (Å²) in [7, 11) is 0. The van der Waals surface area contributed by atoms with Gasteiger partial charge in [-0.3, -0.25) is 4.79 Å². The Bertz CT molecular complexity index is 284.